The van der Waals surface area contributed by atoms with Crippen LogP contribution in [0.15, 0.2) is 42.5 Å². The first kappa shape index (κ1) is 13.1. The van der Waals surface area contributed by atoms with Crippen LogP contribution < -0.4 is 0 Å². The van der Waals surface area contributed by atoms with Crippen LogP contribution in [0, 0.1) is 6.92 Å². The first-order valence-corrected chi connectivity index (χ1v) is 6.11. The molecule has 1 aromatic heterocycles. The van der Waals surface area contributed by atoms with Crippen LogP contribution in [-0.4, -0.2) is 22.1 Å². The van der Waals surface area contributed by atoms with Gasteiger partial charge in [0.2, 0.25) is 0 Å². The van der Waals surface area contributed by atoms with Gasteiger partial charge in [-0.25, -0.2) is 9.78 Å². The van der Waals surface area contributed by atoms with Gasteiger partial charge in [0, 0.05) is 6.20 Å². The van der Waals surface area contributed by atoms with E-state index in [0.29, 0.717) is 12.2 Å². The summed E-state index contributed by atoms with van der Waals surface area (Å²) in [6.45, 7) is 7.71. The topological polar surface area (TPSA) is 44.1 Å². The number of hydrogen-bond acceptors (Lipinski definition) is 3. The van der Waals surface area contributed by atoms with Crippen molar-refractivity contribution in [3.05, 3.63) is 48.3 Å². The van der Waals surface area contributed by atoms with Crippen molar-refractivity contribution in [3.8, 4) is 0 Å². The molecular formula is C15H16N2O2. The quantitative estimate of drug-likeness (QED) is 0.480. The Labute approximate surface area is 112 Å². The Hall–Kier alpha value is -2.36. The highest BCUT2D eigenvalue weighted by Gasteiger charge is 2.06. The first-order valence-electron chi connectivity index (χ1n) is 6.11. The molecule has 0 atom stereocenters. The lowest BCUT2D eigenvalue weighted by atomic mass is 10.3. The molecule has 2 rings (SSSR count). The van der Waals surface area contributed by atoms with Gasteiger partial charge in [0.25, 0.3) is 0 Å². The third-order valence-corrected chi connectivity index (χ3v) is 2.73. The second-order valence-corrected chi connectivity index (χ2v) is 4.08. The Kier molecular flexibility index (Phi) is 3.80. The zero-order valence-electron chi connectivity index (χ0n) is 11.1. The van der Waals surface area contributed by atoms with Crippen molar-refractivity contribution in [2.24, 2.45) is 0 Å². The number of ether oxygens (including phenoxy) is 1. The predicted octanol–water partition coefficient (Wildman–Crippen LogP) is 2.93. The van der Waals surface area contributed by atoms with Gasteiger partial charge in [-0.2, -0.15) is 0 Å². The number of rotatable bonds is 4. The summed E-state index contributed by atoms with van der Waals surface area (Å²) in [6, 6.07) is 7.83. The molecule has 0 aliphatic rings. The van der Waals surface area contributed by atoms with Crippen LogP contribution in [0.4, 0.5) is 0 Å². The lowest BCUT2D eigenvalue weighted by molar-refractivity contribution is -0.138. The molecule has 0 unspecified atom stereocenters. The van der Waals surface area contributed by atoms with Crippen molar-refractivity contribution in [1.29, 1.82) is 0 Å². The average molecular weight is 256 g/mol. The van der Waals surface area contributed by atoms with Gasteiger partial charge in [0.05, 0.1) is 23.2 Å². The summed E-state index contributed by atoms with van der Waals surface area (Å²) in [5.41, 5.74) is 2.23. The Morgan fingerprint density at radius 2 is 2.21 bits per heavy atom. The maximum Gasteiger partial charge on any atom is 0.337 e. The number of para-hydroxylation sites is 2. The van der Waals surface area contributed by atoms with E-state index in [1.165, 1.54) is 0 Å². The van der Waals surface area contributed by atoms with E-state index >= 15 is 0 Å². The standard InChI is InChI=1S/C15H16N2O2/c1-4-19-15(18)11(2)9-10-17-12(3)16-13-7-5-6-8-14(13)17/h5-10H,2,4H2,1,3H3/b10-9-. The van der Waals surface area contributed by atoms with Crippen LogP contribution in [0.3, 0.4) is 0 Å². The van der Waals surface area contributed by atoms with E-state index in [0.717, 1.165) is 16.9 Å². The van der Waals surface area contributed by atoms with Gasteiger partial charge >= 0.3 is 5.97 Å². The highest BCUT2D eigenvalue weighted by molar-refractivity contribution is 5.91. The van der Waals surface area contributed by atoms with Crippen molar-refractivity contribution >= 4 is 23.2 Å². The average Bonchev–Trinajstić information content (AvgIpc) is 2.72. The number of aryl methyl sites for hydroxylation is 1. The highest BCUT2D eigenvalue weighted by atomic mass is 16.5. The number of carbonyl (C=O) groups excluding carboxylic acids is 1. The predicted molar refractivity (Wildman–Crippen MR) is 75.6 cm³/mol. The monoisotopic (exact) mass is 256 g/mol. The number of imidazole rings is 1. The number of hydrogen-bond donors (Lipinski definition) is 0. The SMILES string of the molecule is C=C(/C=C\n1c(C)nc2ccccc21)C(=O)OCC. The minimum Gasteiger partial charge on any atom is -0.462 e. The summed E-state index contributed by atoms with van der Waals surface area (Å²) in [6.07, 6.45) is 3.42. The minimum absolute atomic E-state index is 0.319. The molecule has 0 bridgehead atoms. The van der Waals surface area contributed by atoms with Crippen LogP contribution in [0.25, 0.3) is 17.2 Å². The maximum atomic E-state index is 11.5. The van der Waals surface area contributed by atoms with E-state index in [1.54, 1.807) is 19.2 Å². The zero-order chi connectivity index (χ0) is 13.8. The third-order valence-electron chi connectivity index (χ3n) is 2.73. The Morgan fingerprint density at radius 1 is 1.47 bits per heavy atom. The normalized spacial score (nSPS) is 11.1. The molecule has 0 N–H and O–H groups in total. The number of nitrogens with zero attached hydrogens (tertiary/aromatic N) is 2. The lowest BCUT2D eigenvalue weighted by Gasteiger charge is -2.02. The summed E-state index contributed by atoms with van der Waals surface area (Å²) < 4.78 is 6.79. The van der Waals surface area contributed by atoms with Gasteiger partial charge in [-0.15, -0.1) is 0 Å². The van der Waals surface area contributed by atoms with E-state index in [4.69, 9.17) is 4.74 Å². The number of aromatic nitrogens is 2. The van der Waals surface area contributed by atoms with Gasteiger partial charge in [0.15, 0.2) is 0 Å². The zero-order valence-corrected chi connectivity index (χ0v) is 11.1. The molecular weight excluding hydrogens is 240 g/mol. The molecule has 0 aliphatic heterocycles. The second-order valence-electron chi connectivity index (χ2n) is 4.08. The smallest absolute Gasteiger partial charge is 0.337 e. The van der Waals surface area contributed by atoms with E-state index in [2.05, 4.69) is 11.6 Å². The summed E-state index contributed by atoms with van der Waals surface area (Å²) in [4.78, 5) is 15.9. The van der Waals surface area contributed by atoms with E-state index in [1.807, 2.05) is 35.8 Å². The summed E-state index contributed by atoms with van der Waals surface area (Å²) in [7, 11) is 0. The molecule has 0 saturated heterocycles. The van der Waals surface area contributed by atoms with E-state index in [-0.39, 0.29) is 0 Å². The Balaban J connectivity index is 2.28. The summed E-state index contributed by atoms with van der Waals surface area (Å²) in [5, 5.41) is 0. The summed E-state index contributed by atoms with van der Waals surface area (Å²) in [5.74, 6) is 0.454. The largest absolute Gasteiger partial charge is 0.462 e. The molecule has 0 saturated carbocycles. The lowest BCUT2D eigenvalue weighted by Crippen LogP contribution is -2.05. The van der Waals surface area contributed by atoms with Crippen LogP contribution in [-0.2, 0) is 9.53 Å². The maximum absolute atomic E-state index is 11.5. The fraction of sp³-hybridized carbons (Fsp3) is 0.200. The first-order chi connectivity index (χ1) is 9.13. The summed E-state index contributed by atoms with van der Waals surface area (Å²) >= 11 is 0. The number of fused-ring (bicyclic) bond motifs is 1. The Bertz CT molecular complexity index is 653. The van der Waals surface area contributed by atoms with Crippen LogP contribution in [0.5, 0.6) is 0 Å². The molecule has 0 aliphatic carbocycles. The van der Waals surface area contributed by atoms with Gasteiger partial charge in [-0.3, -0.25) is 0 Å². The van der Waals surface area contributed by atoms with Gasteiger partial charge in [-0.05, 0) is 32.1 Å². The minimum atomic E-state index is -0.402. The molecule has 1 heterocycles. The Morgan fingerprint density at radius 3 is 2.95 bits per heavy atom. The molecule has 0 radical (unpaired) electrons. The van der Waals surface area contributed by atoms with Crippen molar-refractivity contribution in [1.82, 2.24) is 9.55 Å². The molecule has 19 heavy (non-hydrogen) atoms. The fourth-order valence-corrected chi connectivity index (χ4v) is 1.81. The molecule has 4 nitrogen and oxygen atoms in total. The molecule has 2 aromatic rings. The van der Waals surface area contributed by atoms with Crippen LogP contribution in [0.1, 0.15) is 12.7 Å². The van der Waals surface area contributed by atoms with Gasteiger partial charge < -0.3 is 9.30 Å². The molecule has 98 valence electrons. The molecule has 0 amide bonds. The van der Waals surface area contributed by atoms with Crippen LogP contribution in [0.2, 0.25) is 0 Å². The van der Waals surface area contributed by atoms with Gasteiger partial charge in [0.1, 0.15) is 5.82 Å². The van der Waals surface area contributed by atoms with Crippen molar-refractivity contribution in [3.63, 3.8) is 0 Å². The van der Waals surface area contributed by atoms with Gasteiger partial charge in [-0.1, -0.05) is 18.7 Å². The van der Waals surface area contributed by atoms with Crippen LogP contribution >= 0.6 is 0 Å². The second kappa shape index (κ2) is 5.52. The van der Waals surface area contributed by atoms with Crippen molar-refractivity contribution < 1.29 is 9.53 Å². The van der Waals surface area contributed by atoms with E-state index < -0.39 is 5.97 Å². The van der Waals surface area contributed by atoms with Crippen molar-refractivity contribution in [2.75, 3.05) is 6.61 Å². The fourth-order valence-electron chi connectivity index (χ4n) is 1.81. The molecule has 0 spiro atoms. The number of benzene rings is 1. The molecule has 0 fully saturated rings. The third kappa shape index (κ3) is 2.73. The molecule has 1 aromatic carbocycles. The molecule has 4 heteroatoms. The van der Waals surface area contributed by atoms with E-state index in [9.17, 15) is 4.79 Å². The van der Waals surface area contributed by atoms with Crippen molar-refractivity contribution in [2.45, 2.75) is 13.8 Å². The number of carbonyl (C=O) groups is 1. The highest BCUT2D eigenvalue weighted by Crippen LogP contribution is 2.16. The number of esters is 1.